The van der Waals surface area contributed by atoms with Gasteiger partial charge >= 0.3 is 0 Å². The van der Waals surface area contributed by atoms with Crippen molar-refractivity contribution in [1.82, 2.24) is 9.80 Å². The van der Waals surface area contributed by atoms with E-state index in [2.05, 4.69) is 44.0 Å². The molecule has 8 nitrogen and oxygen atoms in total. The summed E-state index contributed by atoms with van der Waals surface area (Å²) in [6.07, 6.45) is 10.9. The third-order valence-electron chi connectivity index (χ3n) is 8.54. The Labute approximate surface area is 305 Å². The van der Waals surface area contributed by atoms with Crippen LogP contribution in [-0.4, -0.2) is 78.4 Å². The SMILES string of the molecule is CC.CC1CCN(C(=O)CCC=O)CC1.CCCN(CCC)C1CCOCC1.CCCc1ccccc1NC(C)=O.Cc1ccc(O)c(C)c1. The normalized spacial score (nSPS) is 14.3. The number of anilines is 1. The standard InChI is InChI=1S/C11H15NO.C11H23NO.C10H17NO2.C8H10O.C2H6/c1-3-6-10-7-4-5-8-11(10)12-9(2)13;1-3-7-12(8-4-2)11-5-9-13-10-6-11;1-9-4-6-11(7-5-9)10(13)3-2-8-12;1-6-3-4-8(9)7(2)5-6;1-2/h4-5,7-8H,3,6H2,1-2H3,(H,12,13);11H,3-10H2,1-2H3;8-9H,2-7H2,1H3;3-5,9H,1-2H3;1-2H3. The Kier molecular flexibility index (Phi) is 27.6. The summed E-state index contributed by atoms with van der Waals surface area (Å²) in [4.78, 5) is 36.9. The van der Waals surface area contributed by atoms with Crippen LogP contribution in [0.4, 0.5) is 5.69 Å². The Morgan fingerprint density at radius 2 is 1.54 bits per heavy atom. The number of nitrogens with one attached hydrogen (secondary N) is 1. The van der Waals surface area contributed by atoms with Crippen molar-refractivity contribution in [3.8, 4) is 5.75 Å². The highest BCUT2D eigenvalue weighted by atomic mass is 16.5. The number of ether oxygens (including phenoxy) is 1. The summed E-state index contributed by atoms with van der Waals surface area (Å²) < 4.78 is 5.38. The van der Waals surface area contributed by atoms with Gasteiger partial charge in [0, 0.05) is 57.8 Å². The summed E-state index contributed by atoms with van der Waals surface area (Å²) in [6, 6.07) is 14.3. The summed E-state index contributed by atoms with van der Waals surface area (Å²) >= 11 is 0. The van der Waals surface area contributed by atoms with Gasteiger partial charge in [-0.05, 0) is 101 Å². The van der Waals surface area contributed by atoms with Gasteiger partial charge in [-0.1, -0.05) is 83.9 Å². The van der Waals surface area contributed by atoms with Gasteiger partial charge in [0.25, 0.3) is 0 Å². The van der Waals surface area contributed by atoms with Gasteiger partial charge in [-0.3, -0.25) is 9.59 Å². The Balaban J connectivity index is 0.000000634. The van der Waals surface area contributed by atoms with Crippen LogP contribution in [0.1, 0.15) is 123 Å². The molecule has 0 radical (unpaired) electrons. The molecule has 284 valence electrons. The molecule has 0 atom stereocenters. The van der Waals surface area contributed by atoms with Gasteiger partial charge in [-0.25, -0.2) is 0 Å². The van der Waals surface area contributed by atoms with Gasteiger partial charge in [-0.15, -0.1) is 0 Å². The lowest BCUT2D eigenvalue weighted by molar-refractivity contribution is -0.133. The van der Waals surface area contributed by atoms with Crippen LogP contribution in [0.15, 0.2) is 42.5 Å². The van der Waals surface area contributed by atoms with Crippen LogP contribution >= 0.6 is 0 Å². The number of rotatable bonds is 11. The summed E-state index contributed by atoms with van der Waals surface area (Å²) in [5, 5.41) is 11.9. The molecule has 0 saturated carbocycles. The molecule has 2 aromatic rings. The number of phenols is 1. The average molecular weight is 698 g/mol. The van der Waals surface area contributed by atoms with E-state index in [0.29, 0.717) is 18.6 Å². The van der Waals surface area contributed by atoms with Crippen molar-refractivity contribution in [2.75, 3.05) is 44.7 Å². The van der Waals surface area contributed by atoms with Crippen LogP contribution in [0.3, 0.4) is 0 Å². The number of piperidine rings is 1. The highest BCUT2D eigenvalue weighted by molar-refractivity contribution is 5.89. The van der Waals surface area contributed by atoms with Gasteiger partial charge < -0.3 is 29.8 Å². The third kappa shape index (κ3) is 21.1. The number of aromatic hydroxyl groups is 1. The van der Waals surface area contributed by atoms with E-state index in [9.17, 15) is 14.4 Å². The molecule has 0 spiro atoms. The fraction of sp³-hybridized carbons (Fsp3) is 0.643. The van der Waals surface area contributed by atoms with E-state index in [1.54, 1.807) is 6.07 Å². The molecule has 2 fully saturated rings. The lowest BCUT2D eigenvalue weighted by atomic mass is 9.99. The predicted octanol–water partition coefficient (Wildman–Crippen LogP) is 9.14. The highest BCUT2D eigenvalue weighted by Crippen LogP contribution is 2.18. The minimum atomic E-state index is -0.0106. The molecule has 2 saturated heterocycles. The number of carbonyl (C=O) groups excluding carboxylic acids is 3. The molecule has 2 aliphatic heterocycles. The number of hydrogen-bond acceptors (Lipinski definition) is 6. The minimum Gasteiger partial charge on any atom is -0.508 e. The number of para-hydroxylation sites is 1. The van der Waals surface area contributed by atoms with Gasteiger partial charge in [0.15, 0.2) is 0 Å². The Morgan fingerprint density at radius 1 is 0.940 bits per heavy atom. The molecular formula is C42H71N3O5. The third-order valence-corrected chi connectivity index (χ3v) is 8.54. The summed E-state index contributed by atoms with van der Waals surface area (Å²) in [5.74, 6) is 1.25. The fourth-order valence-electron chi connectivity index (χ4n) is 5.82. The molecule has 2 heterocycles. The van der Waals surface area contributed by atoms with Crippen molar-refractivity contribution >= 4 is 23.8 Å². The minimum absolute atomic E-state index is 0.0106. The van der Waals surface area contributed by atoms with E-state index in [1.165, 1.54) is 56.8 Å². The Bertz CT molecular complexity index is 1170. The first-order valence-electron chi connectivity index (χ1n) is 19.2. The van der Waals surface area contributed by atoms with Gasteiger partial charge in [-0.2, -0.15) is 0 Å². The second-order valence-corrected chi connectivity index (χ2v) is 13.0. The average Bonchev–Trinajstić information content (AvgIpc) is 3.12. The molecule has 4 rings (SSSR count). The molecule has 2 aliphatic rings. The molecule has 0 aliphatic carbocycles. The topological polar surface area (TPSA) is 99.2 Å². The molecule has 2 aromatic carbocycles. The first-order chi connectivity index (χ1) is 24.1. The zero-order valence-electron chi connectivity index (χ0n) is 33.1. The molecular weight excluding hydrogens is 626 g/mol. The number of aryl methyl sites for hydroxylation is 3. The van der Waals surface area contributed by atoms with E-state index in [1.807, 2.05) is 62.9 Å². The fourth-order valence-corrected chi connectivity index (χ4v) is 5.82. The Hall–Kier alpha value is -3.23. The van der Waals surface area contributed by atoms with Crippen LogP contribution in [0.25, 0.3) is 0 Å². The Morgan fingerprint density at radius 3 is 2.04 bits per heavy atom. The first-order valence-corrected chi connectivity index (χ1v) is 19.2. The van der Waals surface area contributed by atoms with Crippen molar-refractivity contribution in [3.63, 3.8) is 0 Å². The van der Waals surface area contributed by atoms with Crippen LogP contribution in [0.2, 0.25) is 0 Å². The van der Waals surface area contributed by atoms with E-state index >= 15 is 0 Å². The van der Waals surface area contributed by atoms with Crippen molar-refractivity contribution in [1.29, 1.82) is 0 Å². The lowest BCUT2D eigenvalue weighted by Crippen LogP contribution is -2.40. The van der Waals surface area contributed by atoms with Crippen LogP contribution in [-0.2, 0) is 25.5 Å². The number of amides is 2. The highest BCUT2D eigenvalue weighted by Gasteiger charge is 2.20. The van der Waals surface area contributed by atoms with Crippen molar-refractivity contribution in [2.24, 2.45) is 5.92 Å². The summed E-state index contributed by atoms with van der Waals surface area (Å²) in [5.41, 5.74) is 4.28. The second-order valence-electron chi connectivity index (χ2n) is 13.0. The number of carbonyl (C=O) groups is 3. The van der Waals surface area contributed by atoms with Crippen LogP contribution < -0.4 is 5.32 Å². The number of aldehydes is 1. The van der Waals surface area contributed by atoms with Gasteiger partial charge in [0.2, 0.25) is 11.8 Å². The molecule has 0 bridgehead atoms. The number of nitrogens with zero attached hydrogens (tertiary/aromatic N) is 2. The number of hydrogen-bond donors (Lipinski definition) is 2. The maximum absolute atomic E-state index is 11.4. The zero-order valence-corrected chi connectivity index (χ0v) is 33.1. The monoisotopic (exact) mass is 698 g/mol. The molecule has 0 aromatic heterocycles. The number of phenolic OH excluding ortho intramolecular Hbond substituents is 1. The molecule has 2 N–H and O–H groups in total. The van der Waals surface area contributed by atoms with Gasteiger partial charge in [0.05, 0.1) is 0 Å². The molecule has 50 heavy (non-hydrogen) atoms. The maximum Gasteiger partial charge on any atom is 0.222 e. The van der Waals surface area contributed by atoms with Crippen molar-refractivity contribution in [2.45, 2.75) is 133 Å². The van der Waals surface area contributed by atoms with Crippen LogP contribution in [0.5, 0.6) is 5.75 Å². The van der Waals surface area contributed by atoms with E-state index in [0.717, 1.165) is 81.5 Å². The lowest BCUT2D eigenvalue weighted by Gasteiger charge is -2.33. The van der Waals surface area contributed by atoms with Gasteiger partial charge in [0.1, 0.15) is 12.0 Å². The smallest absolute Gasteiger partial charge is 0.222 e. The van der Waals surface area contributed by atoms with Crippen molar-refractivity contribution in [3.05, 3.63) is 59.2 Å². The summed E-state index contributed by atoms with van der Waals surface area (Å²) in [7, 11) is 0. The second kappa shape index (κ2) is 29.5. The van der Waals surface area contributed by atoms with Crippen LogP contribution in [0, 0.1) is 19.8 Å². The summed E-state index contributed by atoms with van der Waals surface area (Å²) in [6.45, 7) is 24.5. The first kappa shape index (κ1) is 46.8. The van der Waals surface area contributed by atoms with E-state index < -0.39 is 0 Å². The quantitative estimate of drug-likeness (QED) is 0.227. The molecule has 8 heteroatoms. The van der Waals surface area contributed by atoms with E-state index in [-0.39, 0.29) is 11.8 Å². The maximum atomic E-state index is 11.4. The number of benzene rings is 2. The van der Waals surface area contributed by atoms with E-state index in [4.69, 9.17) is 9.84 Å². The number of likely N-dealkylation sites (tertiary alicyclic amines) is 1. The predicted molar refractivity (Wildman–Crippen MR) is 210 cm³/mol. The molecule has 2 amide bonds. The van der Waals surface area contributed by atoms with Crippen molar-refractivity contribution < 1.29 is 24.2 Å². The molecule has 0 unspecified atom stereocenters. The zero-order chi connectivity index (χ0) is 37.7. The largest absolute Gasteiger partial charge is 0.508 e.